The van der Waals surface area contributed by atoms with Crippen LogP contribution in [0.3, 0.4) is 0 Å². The van der Waals surface area contributed by atoms with Crippen molar-refractivity contribution in [1.29, 1.82) is 0 Å². The molecule has 0 atom stereocenters. The van der Waals surface area contributed by atoms with E-state index in [1.165, 1.54) is 5.56 Å². The lowest BCUT2D eigenvalue weighted by Crippen LogP contribution is -2.35. The van der Waals surface area contributed by atoms with E-state index in [1.807, 2.05) is 7.05 Å². The van der Waals surface area contributed by atoms with Gasteiger partial charge in [-0.25, -0.2) is 4.68 Å². The van der Waals surface area contributed by atoms with E-state index < -0.39 is 0 Å². The van der Waals surface area contributed by atoms with E-state index in [0.717, 1.165) is 43.4 Å². The summed E-state index contributed by atoms with van der Waals surface area (Å²) in [6, 6.07) is 4.16. The Labute approximate surface area is 127 Å². The van der Waals surface area contributed by atoms with E-state index in [1.54, 1.807) is 4.68 Å². The van der Waals surface area contributed by atoms with Gasteiger partial charge in [-0.2, -0.15) is 0 Å². The lowest BCUT2D eigenvalue weighted by molar-refractivity contribution is 0.473. The van der Waals surface area contributed by atoms with E-state index in [9.17, 15) is 0 Å². The van der Waals surface area contributed by atoms with Crippen molar-refractivity contribution in [3.63, 3.8) is 0 Å². The summed E-state index contributed by atoms with van der Waals surface area (Å²) in [4.78, 5) is 2.23. The van der Waals surface area contributed by atoms with E-state index in [-0.39, 0.29) is 0 Å². The van der Waals surface area contributed by atoms with Crippen molar-refractivity contribution in [3.05, 3.63) is 29.7 Å². The second kappa shape index (κ2) is 5.04. The Morgan fingerprint density at radius 1 is 1.14 bits per heavy atom. The van der Waals surface area contributed by atoms with Crippen LogP contribution in [0.2, 0.25) is 0 Å². The van der Waals surface area contributed by atoms with Crippen LogP contribution < -0.4 is 4.90 Å². The topological polar surface area (TPSA) is 77.0 Å². The molecule has 0 unspecified atom stereocenters. The van der Waals surface area contributed by atoms with Crippen LogP contribution >= 0.6 is 0 Å². The fourth-order valence-corrected chi connectivity index (χ4v) is 3.12. The number of aryl methyl sites for hydroxylation is 2. The third kappa shape index (κ3) is 2.11. The predicted molar refractivity (Wildman–Crippen MR) is 80.7 cm³/mol. The molecule has 114 valence electrons. The van der Waals surface area contributed by atoms with Gasteiger partial charge in [0.15, 0.2) is 5.65 Å². The van der Waals surface area contributed by atoms with Gasteiger partial charge in [0.1, 0.15) is 5.82 Å². The molecule has 1 saturated heterocycles. The second-order valence-electron chi connectivity index (χ2n) is 5.85. The highest BCUT2D eigenvalue weighted by Gasteiger charge is 2.26. The van der Waals surface area contributed by atoms with Crippen molar-refractivity contribution in [2.45, 2.75) is 25.7 Å². The number of anilines is 1. The molecule has 3 aromatic heterocycles. The van der Waals surface area contributed by atoms with Crippen LogP contribution in [0.1, 0.15) is 30.1 Å². The first-order valence-corrected chi connectivity index (χ1v) is 7.51. The number of fused-ring (bicyclic) bond motifs is 1. The third-order valence-electron chi connectivity index (χ3n) is 4.33. The highest BCUT2D eigenvalue weighted by molar-refractivity contribution is 5.41. The summed E-state index contributed by atoms with van der Waals surface area (Å²) >= 11 is 0. The summed E-state index contributed by atoms with van der Waals surface area (Å²) in [6.07, 6.45) is 4.13. The largest absolute Gasteiger partial charge is 0.340 e. The van der Waals surface area contributed by atoms with Gasteiger partial charge in [-0.15, -0.1) is 10.2 Å². The van der Waals surface area contributed by atoms with Gasteiger partial charge in [0.2, 0.25) is 5.95 Å². The smallest absolute Gasteiger partial charge is 0.245 e. The van der Waals surface area contributed by atoms with Crippen LogP contribution in [0.25, 0.3) is 5.65 Å². The monoisotopic (exact) mass is 298 g/mol. The van der Waals surface area contributed by atoms with Gasteiger partial charge in [-0.3, -0.25) is 4.40 Å². The first kappa shape index (κ1) is 13.2. The Morgan fingerprint density at radius 3 is 2.68 bits per heavy atom. The van der Waals surface area contributed by atoms with Crippen LogP contribution in [0, 0.1) is 6.92 Å². The van der Waals surface area contributed by atoms with Gasteiger partial charge < -0.3 is 4.90 Å². The number of hydrogen-bond acceptors (Lipinski definition) is 6. The van der Waals surface area contributed by atoms with Gasteiger partial charge >= 0.3 is 0 Å². The average molecular weight is 298 g/mol. The summed E-state index contributed by atoms with van der Waals surface area (Å²) in [5, 5.41) is 20.4. The maximum absolute atomic E-state index is 4.41. The zero-order valence-electron chi connectivity index (χ0n) is 12.7. The molecule has 1 fully saturated rings. The van der Waals surface area contributed by atoms with Gasteiger partial charge in [0, 0.05) is 32.3 Å². The van der Waals surface area contributed by atoms with Crippen molar-refractivity contribution in [2.24, 2.45) is 7.05 Å². The van der Waals surface area contributed by atoms with Crippen LogP contribution in [-0.2, 0) is 7.05 Å². The van der Waals surface area contributed by atoms with Crippen LogP contribution in [0.15, 0.2) is 18.3 Å². The average Bonchev–Trinajstić information content (AvgIpc) is 3.13. The van der Waals surface area contributed by atoms with E-state index >= 15 is 0 Å². The van der Waals surface area contributed by atoms with E-state index in [4.69, 9.17) is 0 Å². The summed E-state index contributed by atoms with van der Waals surface area (Å²) in [5.74, 6) is 2.32. The van der Waals surface area contributed by atoms with Crippen LogP contribution in [0.4, 0.5) is 5.95 Å². The lowest BCUT2D eigenvalue weighted by Gasteiger charge is -2.31. The minimum atomic E-state index is 0.426. The van der Waals surface area contributed by atoms with Crippen LogP contribution in [0.5, 0.6) is 0 Å². The number of hydrogen-bond donors (Lipinski definition) is 0. The number of aromatic nitrogens is 7. The molecule has 0 aromatic carbocycles. The lowest BCUT2D eigenvalue weighted by atomic mass is 9.96. The molecule has 4 rings (SSSR count). The standard InChI is InChI=1S/C14H18N8/c1-10-3-8-22-12(9-10)15-16-13(22)11-4-6-21(7-5-11)14-17-18-19-20(14)2/h3,8-9,11H,4-7H2,1-2H3. The van der Waals surface area contributed by atoms with Crippen LogP contribution in [-0.4, -0.2) is 47.9 Å². The Balaban J connectivity index is 1.54. The summed E-state index contributed by atoms with van der Waals surface area (Å²) in [7, 11) is 1.87. The maximum Gasteiger partial charge on any atom is 0.245 e. The molecular weight excluding hydrogens is 280 g/mol. The fraction of sp³-hybridized carbons (Fsp3) is 0.500. The summed E-state index contributed by atoms with van der Waals surface area (Å²) < 4.78 is 3.83. The van der Waals surface area contributed by atoms with Crippen molar-refractivity contribution in [3.8, 4) is 0 Å². The Kier molecular flexibility index (Phi) is 3.02. The highest BCUT2D eigenvalue weighted by Crippen LogP contribution is 2.28. The van der Waals surface area contributed by atoms with Crippen molar-refractivity contribution in [2.75, 3.05) is 18.0 Å². The summed E-state index contributed by atoms with van der Waals surface area (Å²) in [6.45, 7) is 3.93. The molecule has 22 heavy (non-hydrogen) atoms. The third-order valence-corrected chi connectivity index (χ3v) is 4.33. The van der Waals surface area contributed by atoms with Gasteiger partial charge in [0.25, 0.3) is 0 Å². The number of rotatable bonds is 2. The van der Waals surface area contributed by atoms with Crippen molar-refractivity contribution in [1.82, 2.24) is 34.8 Å². The molecule has 1 aliphatic rings. The van der Waals surface area contributed by atoms with E-state index in [2.05, 4.69) is 60.3 Å². The molecule has 0 spiro atoms. The highest BCUT2D eigenvalue weighted by atomic mass is 15.6. The molecule has 8 heteroatoms. The molecule has 0 amide bonds. The van der Waals surface area contributed by atoms with Gasteiger partial charge in [-0.05, 0) is 47.9 Å². The molecule has 4 heterocycles. The first-order valence-electron chi connectivity index (χ1n) is 7.51. The Hall–Kier alpha value is -2.51. The van der Waals surface area contributed by atoms with Crippen molar-refractivity contribution < 1.29 is 0 Å². The molecule has 1 aliphatic heterocycles. The normalized spacial score (nSPS) is 16.5. The maximum atomic E-state index is 4.41. The summed E-state index contributed by atoms with van der Waals surface area (Å²) in [5.41, 5.74) is 2.13. The van der Waals surface area contributed by atoms with Crippen molar-refractivity contribution >= 4 is 11.6 Å². The van der Waals surface area contributed by atoms with E-state index in [0.29, 0.717) is 5.92 Å². The Morgan fingerprint density at radius 2 is 1.95 bits per heavy atom. The molecule has 8 nitrogen and oxygen atoms in total. The number of nitrogens with zero attached hydrogens (tertiary/aromatic N) is 8. The number of pyridine rings is 1. The Bertz CT molecular complexity index is 796. The fourth-order valence-electron chi connectivity index (χ4n) is 3.12. The van der Waals surface area contributed by atoms with Gasteiger partial charge in [0.05, 0.1) is 0 Å². The molecule has 0 aliphatic carbocycles. The SMILES string of the molecule is Cc1ccn2c(C3CCN(c4nnnn4C)CC3)nnc2c1. The molecule has 0 bridgehead atoms. The van der Waals surface area contributed by atoms with Gasteiger partial charge in [-0.1, -0.05) is 5.10 Å². The molecular formula is C14H18N8. The zero-order chi connectivity index (χ0) is 15.1. The minimum absolute atomic E-state index is 0.426. The second-order valence-corrected chi connectivity index (χ2v) is 5.85. The molecule has 0 N–H and O–H groups in total. The quantitative estimate of drug-likeness (QED) is 0.701. The molecule has 0 radical (unpaired) electrons. The molecule has 3 aromatic rings. The predicted octanol–water partition coefficient (Wildman–Crippen LogP) is 0.945. The first-order chi connectivity index (χ1) is 10.7. The number of piperidine rings is 1. The minimum Gasteiger partial charge on any atom is -0.340 e. The number of tetrazole rings is 1. The zero-order valence-corrected chi connectivity index (χ0v) is 12.7. The molecule has 0 saturated carbocycles.